The molecule has 2 unspecified atom stereocenters. The lowest BCUT2D eigenvalue weighted by Gasteiger charge is -2.46. The van der Waals surface area contributed by atoms with Gasteiger partial charge in [-0.15, -0.1) is 6.58 Å². The van der Waals surface area contributed by atoms with Gasteiger partial charge >= 0.3 is 0 Å². The van der Waals surface area contributed by atoms with E-state index in [0.29, 0.717) is 5.41 Å². The molecule has 0 aromatic rings. The molecule has 74 valence electrons. The van der Waals surface area contributed by atoms with Crippen molar-refractivity contribution < 1.29 is 0 Å². The maximum absolute atomic E-state index is 4.01. The van der Waals surface area contributed by atoms with Gasteiger partial charge in [0.2, 0.25) is 0 Å². The minimum atomic E-state index is 0.440. The van der Waals surface area contributed by atoms with Gasteiger partial charge in [0.05, 0.1) is 0 Å². The summed E-state index contributed by atoms with van der Waals surface area (Å²) in [5, 5.41) is 0. The lowest BCUT2D eigenvalue weighted by molar-refractivity contribution is 0.0718. The molecule has 2 bridgehead atoms. The Morgan fingerprint density at radius 1 is 1.15 bits per heavy atom. The number of allylic oxidation sites excluding steroid dienone is 1. The second-order valence-corrected chi connectivity index (χ2v) is 5.81. The fraction of sp³-hybridized carbons (Fsp3) is 0.846. The Morgan fingerprint density at radius 3 is 2.46 bits per heavy atom. The van der Waals surface area contributed by atoms with Gasteiger partial charge in [0.15, 0.2) is 0 Å². The Morgan fingerprint density at radius 2 is 1.85 bits per heavy atom. The van der Waals surface area contributed by atoms with Crippen molar-refractivity contribution >= 4 is 0 Å². The van der Waals surface area contributed by atoms with Crippen LogP contribution >= 0.6 is 0 Å². The van der Waals surface area contributed by atoms with Gasteiger partial charge < -0.3 is 0 Å². The third-order valence-corrected chi connectivity index (χ3v) is 4.13. The molecule has 13 heavy (non-hydrogen) atoms. The Kier molecular flexibility index (Phi) is 2.25. The molecule has 0 heteroatoms. The maximum Gasteiger partial charge on any atom is -0.0144 e. The summed E-state index contributed by atoms with van der Waals surface area (Å²) >= 11 is 0. The van der Waals surface area contributed by atoms with Gasteiger partial charge in [-0.25, -0.2) is 0 Å². The summed E-state index contributed by atoms with van der Waals surface area (Å²) in [6.45, 7) is 8.83. The van der Waals surface area contributed by atoms with Crippen LogP contribution in [0.2, 0.25) is 0 Å². The van der Waals surface area contributed by atoms with E-state index in [9.17, 15) is 0 Å². The average molecular weight is 178 g/mol. The summed E-state index contributed by atoms with van der Waals surface area (Å²) in [5.74, 6) is 3.02. The van der Waals surface area contributed by atoms with Gasteiger partial charge in [-0.2, -0.15) is 0 Å². The molecule has 3 fully saturated rings. The second-order valence-electron chi connectivity index (χ2n) is 5.81. The van der Waals surface area contributed by atoms with E-state index in [1.54, 1.807) is 0 Å². The lowest BCUT2D eigenvalue weighted by Crippen LogP contribution is -2.34. The molecule has 3 rings (SSSR count). The van der Waals surface area contributed by atoms with E-state index in [-0.39, 0.29) is 0 Å². The van der Waals surface area contributed by atoms with Crippen LogP contribution in [-0.4, -0.2) is 0 Å². The Balaban J connectivity index is 2.07. The summed E-state index contributed by atoms with van der Waals surface area (Å²) in [4.78, 5) is 0. The quantitative estimate of drug-likeness (QED) is 0.532. The zero-order valence-corrected chi connectivity index (χ0v) is 9.05. The molecular weight excluding hydrogens is 156 g/mol. The van der Waals surface area contributed by atoms with Crippen LogP contribution < -0.4 is 0 Å². The van der Waals surface area contributed by atoms with Gasteiger partial charge in [0, 0.05) is 0 Å². The molecule has 0 aromatic heterocycles. The van der Waals surface area contributed by atoms with E-state index in [2.05, 4.69) is 26.5 Å². The largest absolute Gasteiger partial charge is 0.103 e. The van der Waals surface area contributed by atoms with Crippen LogP contribution in [0.15, 0.2) is 12.7 Å². The molecule has 0 spiro atoms. The van der Waals surface area contributed by atoms with Crippen LogP contribution in [-0.2, 0) is 0 Å². The molecule has 0 N–H and O–H groups in total. The summed E-state index contributed by atoms with van der Waals surface area (Å²) in [7, 11) is 0. The van der Waals surface area contributed by atoms with Crippen LogP contribution in [0.25, 0.3) is 0 Å². The second kappa shape index (κ2) is 3.15. The van der Waals surface area contributed by atoms with E-state index >= 15 is 0 Å². The van der Waals surface area contributed by atoms with Crippen molar-refractivity contribution in [2.75, 3.05) is 0 Å². The molecule has 3 aliphatic rings. The monoisotopic (exact) mass is 178 g/mol. The first-order valence-electron chi connectivity index (χ1n) is 5.75. The van der Waals surface area contributed by atoms with Crippen molar-refractivity contribution in [1.29, 1.82) is 0 Å². The van der Waals surface area contributed by atoms with Crippen molar-refractivity contribution in [2.24, 2.45) is 23.2 Å². The third-order valence-electron chi connectivity index (χ3n) is 4.13. The predicted molar refractivity (Wildman–Crippen MR) is 57.5 cm³/mol. The number of rotatable bonds is 1. The maximum atomic E-state index is 4.01. The summed E-state index contributed by atoms with van der Waals surface area (Å²) in [6.07, 6.45) is 9.46. The zero-order valence-electron chi connectivity index (χ0n) is 9.05. The highest BCUT2D eigenvalue weighted by atomic mass is 14.4. The van der Waals surface area contributed by atoms with Crippen molar-refractivity contribution in [3.05, 3.63) is 12.7 Å². The first-order valence-corrected chi connectivity index (χ1v) is 5.75. The van der Waals surface area contributed by atoms with Gasteiger partial charge in [0.1, 0.15) is 0 Å². The van der Waals surface area contributed by atoms with Gasteiger partial charge in [-0.3, -0.25) is 0 Å². The van der Waals surface area contributed by atoms with E-state index in [1.165, 1.54) is 32.1 Å². The Labute approximate surface area is 82.4 Å². The molecule has 0 heterocycles. The standard InChI is InChI=1S/C13H22/c1-4-13(3)8-10(2)5-11-6-12(7-11)9-13/h4,10-12H,1,5-9H2,2-3H3. The smallest absolute Gasteiger partial charge is 0.0144 e. The highest BCUT2D eigenvalue weighted by molar-refractivity contribution is 4.98. The molecule has 0 aromatic carbocycles. The molecule has 3 aliphatic carbocycles. The molecule has 0 aliphatic heterocycles. The van der Waals surface area contributed by atoms with Crippen LogP contribution in [0.3, 0.4) is 0 Å². The van der Waals surface area contributed by atoms with E-state index in [0.717, 1.165) is 17.8 Å². The van der Waals surface area contributed by atoms with Crippen molar-refractivity contribution in [3.63, 3.8) is 0 Å². The fourth-order valence-corrected chi connectivity index (χ4v) is 3.59. The van der Waals surface area contributed by atoms with E-state index in [1.807, 2.05) is 0 Å². The number of fused-ring (bicyclic) bond motifs is 4. The molecule has 0 radical (unpaired) electrons. The van der Waals surface area contributed by atoms with Crippen molar-refractivity contribution in [2.45, 2.75) is 46.0 Å². The normalized spacial score (nSPS) is 50.2. The minimum Gasteiger partial charge on any atom is -0.103 e. The Hall–Kier alpha value is -0.260. The lowest BCUT2D eigenvalue weighted by atomic mass is 9.60. The molecular formula is C13H22. The van der Waals surface area contributed by atoms with Crippen LogP contribution in [0, 0.1) is 23.2 Å². The molecule has 0 nitrogen and oxygen atoms in total. The van der Waals surface area contributed by atoms with Crippen molar-refractivity contribution in [1.82, 2.24) is 0 Å². The summed E-state index contributed by atoms with van der Waals surface area (Å²) in [5.41, 5.74) is 0.440. The molecule has 2 atom stereocenters. The van der Waals surface area contributed by atoms with Gasteiger partial charge in [-0.05, 0) is 55.3 Å². The third kappa shape index (κ3) is 1.82. The number of hydrogen-bond acceptors (Lipinski definition) is 0. The van der Waals surface area contributed by atoms with E-state index in [4.69, 9.17) is 0 Å². The first-order chi connectivity index (χ1) is 6.11. The van der Waals surface area contributed by atoms with E-state index < -0.39 is 0 Å². The van der Waals surface area contributed by atoms with Gasteiger partial charge in [0.25, 0.3) is 0 Å². The van der Waals surface area contributed by atoms with Gasteiger partial charge in [-0.1, -0.05) is 19.9 Å². The number of hydrogen-bond donors (Lipinski definition) is 0. The highest BCUT2D eigenvalue weighted by Gasteiger charge is 2.38. The topological polar surface area (TPSA) is 0 Å². The predicted octanol–water partition coefficient (Wildman–Crippen LogP) is 4.02. The molecule has 3 saturated carbocycles. The van der Waals surface area contributed by atoms with Crippen molar-refractivity contribution in [3.8, 4) is 0 Å². The van der Waals surface area contributed by atoms with Crippen LogP contribution in [0.1, 0.15) is 46.0 Å². The summed E-state index contributed by atoms with van der Waals surface area (Å²) in [6, 6.07) is 0. The Bertz CT molecular complexity index is 196. The molecule has 0 saturated heterocycles. The minimum absolute atomic E-state index is 0.440. The summed E-state index contributed by atoms with van der Waals surface area (Å²) < 4.78 is 0. The van der Waals surface area contributed by atoms with Crippen LogP contribution in [0.5, 0.6) is 0 Å². The zero-order chi connectivity index (χ0) is 9.47. The SMILES string of the molecule is C=CC1(C)CC(C)CC2CC(C2)C1. The first kappa shape index (κ1) is 9.30. The van der Waals surface area contributed by atoms with Crippen LogP contribution in [0.4, 0.5) is 0 Å². The highest BCUT2D eigenvalue weighted by Crippen LogP contribution is 2.50. The molecule has 0 amide bonds. The fourth-order valence-electron chi connectivity index (χ4n) is 3.59. The average Bonchev–Trinajstić information content (AvgIpc) is 1.97.